The molecule has 0 atom stereocenters. The van der Waals surface area contributed by atoms with Crippen molar-refractivity contribution >= 4 is 5.97 Å². The van der Waals surface area contributed by atoms with Crippen LogP contribution < -0.4 is 0 Å². The fourth-order valence-corrected chi connectivity index (χ4v) is 0.944. The summed E-state index contributed by atoms with van der Waals surface area (Å²) < 4.78 is 4.81. The van der Waals surface area contributed by atoms with E-state index in [9.17, 15) is 4.79 Å². The molecule has 0 amide bonds. The lowest BCUT2D eigenvalue weighted by Crippen LogP contribution is -2.11. The maximum absolute atomic E-state index is 11.0. The SMILES string of the molecule is CCCCCCOC(=O)C(=CO)CO. The van der Waals surface area contributed by atoms with Gasteiger partial charge in [0, 0.05) is 0 Å². The summed E-state index contributed by atoms with van der Waals surface area (Å²) in [7, 11) is 0. The van der Waals surface area contributed by atoms with Crippen LogP contribution in [-0.2, 0) is 9.53 Å². The topological polar surface area (TPSA) is 66.8 Å². The molecule has 0 spiro atoms. The molecule has 0 aromatic heterocycles. The second-order valence-electron chi connectivity index (χ2n) is 3.01. The largest absolute Gasteiger partial charge is 0.515 e. The molecule has 0 radical (unpaired) electrons. The Bertz CT molecular complexity index is 187. The summed E-state index contributed by atoms with van der Waals surface area (Å²) in [6, 6.07) is 0. The molecule has 0 saturated carbocycles. The highest BCUT2D eigenvalue weighted by molar-refractivity contribution is 5.88. The van der Waals surface area contributed by atoms with Gasteiger partial charge in [0.1, 0.15) is 0 Å². The zero-order chi connectivity index (χ0) is 10.8. The molecule has 0 fully saturated rings. The Balaban J connectivity index is 3.53. The fraction of sp³-hybridized carbons (Fsp3) is 0.700. The minimum Gasteiger partial charge on any atom is -0.515 e. The summed E-state index contributed by atoms with van der Waals surface area (Å²) in [6.45, 7) is 1.95. The van der Waals surface area contributed by atoms with E-state index in [4.69, 9.17) is 14.9 Å². The molecule has 4 nitrogen and oxygen atoms in total. The predicted molar refractivity (Wildman–Crippen MR) is 52.9 cm³/mol. The van der Waals surface area contributed by atoms with E-state index in [1.807, 2.05) is 0 Å². The molecule has 82 valence electrons. The lowest BCUT2D eigenvalue weighted by molar-refractivity contribution is -0.139. The molecule has 4 heteroatoms. The Hall–Kier alpha value is -1.03. The second-order valence-corrected chi connectivity index (χ2v) is 3.01. The monoisotopic (exact) mass is 202 g/mol. The number of hydrogen-bond acceptors (Lipinski definition) is 4. The van der Waals surface area contributed by atoms with E-state index >= 15 is 0 Å². The highest BCUT2D eigenvalue weighted by Crippen LogP contribution is 2.01. The molecule has 0 aliphatic carbocycles. The van der Waals surface area contributed by atoms with Gasteiger partial charge in [-0.2, -0.15) is 0 Å². The first-order chi connectivity index (χ1) is 6.76. The van der Waals surface area contributed by atoms with Crippen molar-refractivity contribution in [2.75, 3.05) is 13.2 Å². The van der Waals surface area contributed by atoms with Gasteiger partial charge in [-0.25, -0.2) is 4.79 Å². The molecule has 0 unspecified atom stereocenters. The van der Waals surface area contributed by atoms with Crippen LogP contribution in [0, 0.1) is 0 Å². The summed E-state index contributed by atoms with van der Waals surface area (Å²) in [5, 5.41) is 17.1. The summed E-state index contributed by atoms with van der Waals surface area (Å²) >= 11 is 0. The van der Waals surface area contributed by atoms with Crippen LogP contribution in [0.4, 0.5) is 0 Å². The van der Waals surface area contributed by atoms with Crippen molar-refractivity contribution in [2.45, 2.75) is 32.6 Å². The van der Waals surface area contributed by atoms with Crippen molar-refractivity contribution in [3.8, 4) is 0 Å². The molecule has 14 heavy (non-hydrogen) atoms. The highest BCUT2D eigenvalue weighted by atomic mass is 16.5. The fourth-order valence-electron chi connectivity index (χ4n) is 0.944. The number of aliphatic hydroxyl groups excluding tert-OH is 2. The van der Waals surface area contributed by atoms with Crippen molar-refractivity contribution in [3.63, 3.8) is 0 Å². The number of carbonyl (C=O) groups excluding carboxylic acids is 1. The maximum atomic E-state index is 11.0. The molecule has 2 N–H and O–H groups in total. The molecule has 0 heterocycles. The number of unbranched alkanes of at least 4 members (excludes halogenated alkanes) is 3. The Morgan fingerprint density at radius 3 is 2.57 bits per heavy atom. The summed E-state index contributed by atoms with van der Waals surface area (Å²) in [5.74, 6) is -0.647. The van der Waals surface area contributed by atoms with Crippen molar-refractivity contribution in [3.05, 3.63) is 11.8 Å². The average Bonchev–Trinajstić information content (AvgIpc) is 2.19. The average molecular weight is 202 g/mol. The molecule has 0 aromatic carbocycles. The van der Waals surface area contributed by atoms with Gasteiger partial charge in [0.2, 0.25) is 0 Å². The standard InChI is InChI=1S/C10H18O4/c1-2-3-4-5-6-14-10(13)9(7-11)8-12/h7,11-12H,2-6,8H2,1H3. The Morgan fingerprint density at radius 2 is 2.07 bits per heavy atom. The van der Waals surface area contributed by atoms with Gasteiger partial charge in [-0.15, -0.1) is 0 Å². The third-order valence-electron chi connectivity index (χ3n) is 1.82. The molecular weight excluding hydrogens is 184 g/mol. The van der Waals surface area contributed by atoms with E-state index in [0.717, 1.165) is 25.7 Å². The summed E-state index contributed by atoms with van der Waals surface area (Å²) in [5.41, 5.74) is -0.111. The Labute approximate surface area is 84.2 Å². The third kappa shape index (κ3) is 5.59. The van der Waals surface area contributed by atoms with Crippen LogP contribution in [0.1, 0.15) is 32.6 Å². The van der Waals surface area contributed by atoms with Crippen LogP contribution in [0.25, 0.3) is 0 Å². The minimum absolute atomic E-state index is 0.111. The third-order valence-corrected chi connectivity index (χ3v) is 1.82. The molecule has 0 rings (SSSR count). The van der Waals surface area contributed by atoms with Crippen LogP contribution >= 0.6 is 0 Å². The highest BCUT2D eigenvalue weighted by Gasteiger charge is 2.09. The zero-order valence-corrected chi connectivity index (χ0v) is 8.53. The minimum atomic E-state index is -0.647. The van der Waals surface area contributed by atoms with Gasteiger partial charge >= 0.3 is 5.97 Å². The van der Waals surface area contributed by atoms with E-state index in [0.29, 0.717) is 12.9 Å². The first-order valence-corrected chi connectivity index (χ1v) is 4.87. The normalized spacial score (nSPS) is 11.4. The quantitative estimate of drug-likeness (QED) is 0.284. The lowest BCUT2D eigenvalue weighted by atomic mass is 10.2. The number of rotatable bonds is 7. The van der Waals surface area contributed by atoms with E-state index < -0.39 is 12.6 Å². The summed E-state index contributed by atoms with van der Waals surface area (Å²) in [4.78, 5) is 11.0. The van der Waals surface area contributed by atoms with Crippen LogP contribution in [0.3, 0.4) is 0 Å². The molecule has 0 saturated heterocycles. The van der Waals surface area contributed by atoms with Gasteiger partial charge in [-0.1, -0.05) is 26.2 Å². The van der Waals surface area contributed by atoms with Crippen molar-refractivity contribution in [1.29, 1.82) is 0 Å². The number of ether oxygens (including phenoxy) is 1. The van der Waals surface area contributed by atoms with Gasteiger partial charge in [-0.3, -0.25) is 0 Å². The summed E-state index contributed by atoms with van der Waals surface area (Å²) in [6.07, 6.45) is 4.69. The predicted octanol–water partition coefficient (Wildman–Crippen LogP) is 1.54. The number of aliphatic hydroxyl groups is 2. The maximum Gasteiger partial charge on any atom is 0.339 e. The van der Waals surface area contributed by atoms with Crippen LogP contribution in [0.15, 0.2) is 11.8 Å². The lowest BCUT2D eigenvalue weighted by Gasteiger charge is -2.04. The van der Waals surface area contributed by atoms with Gasteiger partial charge in [-0.05, 0) is 6.42 Å². The van der Waals surface area contributed by atoms with E-state index in [2.05, 4.69) is 6.92 Å². The smallest absolute Gasteiger partial charge is 0.339 e. The number of esters is 1. The van der Waals surface area contributed by atoms with Gasteiger partial charge in [0.05, 0.1) is 25.0 Å². The molecule has 0 aromatic rings. The van der Waals surface area contributed by atoms with Gasteiger partial charge in [0.25, 0.3) is 0 Å². The van der Waals surface area contributed by atoms with Gasteiger partial charge < -0.3 is 14.9 Å². The van der Waals surface area contributed by atoms with Crippen molar-refractivity contribution in [2.24, 2.45) is 0 Å². The number of carbonyl (C=O) groups is 1. The number of hydrogen-bond donors (Lipinski definition) is 2. The molecule has 0 aliphatic rings. The van der Waals surface area contributed by atoms with E-state index in [1.54, 1.807) is 0 Å². The van der Waals surface area contributed by atoms with Crippen LogP contribution in [0.2, 0.25) is 0 Å². The van der Waals surface area contributed by atoms with Crippen LogP contribution in [-0.4, -0.2) is 29.4 Å². The Kier molecular flexibility index (Phi) is 7.93. The van der Waals surface area contributed by atoms with Gasteiger partial charge in [0.15, 0.2) is 0 Å². The second kappa shape index (κ2) is 8.56. The Morgan fingerprint density at radius 1 is 1.36 bits per heavy atom. The molecule has 0 bridgehead atoms. The first-order valence-electron chi connectivity index (χ1n) is 4.87. The van der Waals surface area contributed by atoms with Crippen molar-refractivity contribution in [1.82, 2.24) is 0 Å². The van der Waals surface area contributed by atoms with E-state index in [1.165, 1.54) is 0 Å². The van der Waals surface area contributed by atoms with Crippen molar-refractivity contribution < 1.29 is 19.7 Å². The zero-order valence-electron chi connectivity index (χ0n) is 8.53. The first kappa shape index (κ1) is 13.0. The molecule has 0 aliphatic heterocycles. The van der Waals surface area contributed by atoms with E-state index in [-0.39, 0.29) is 5.57 Å². The molecular formula is C10H18O4. The van der Waals surface area contributed by atoms with Crippen LogP contribution in [0.5, 0.6) is 0 Å².